The number of amides is 1. The second kappa shape index (κ2) is 8.82. The van der Waals surface area contributed by atoms with Crippen LogP contribution in [0.2, 0.25) is 0 Å². The summed E-state index contributed by atoms with van der Waals surface area (Å²) >= 11 is 0. The lowest BCUT2D eigenvalue weighted by atomic mass is 10.0. The number of aryl methyl sites for hydroxylation is 1. The van der Waals surface area contributed by atoms with Gasteiger partial charge in [0.2, 0.25) is 5.91 Å². The first kappa shape index (κ1) is 19.1. The van der Waals surface area contributed by atoms with Gasteiger partial charge in [0.1, 0.15) is 0 Å². The molecule has 1 saturated heterocycles. The molecule has 7 heteroatoms. The Hall–Kier alpha value is -2.28. The highest BCUT2D eigenvalue weighted by atomic mass is 16.2. The van der Waals surface area contributed by atoms with Crippen molar-refractivity contribution in [3.63, 3.8) is 0 Å². The number of tetrazole rings is 1. The summed E-state index contributed by atoms with van der Waals surface area (Å²) in [5, 5.41) is 12.2. The van der Waals surface area contributed by atoms with Gasteiger partial charge in [0.15, 0.2) is 5.82 Å². The molecule has 7 nitrogen and oxygen atoms in total. The topological polar surface area (TPSA) is 67.2 Å². The maximum absolute atomic E-state index is 12.5. The summed E-state index contributed by atoms with van der Waals surface area (Å²) in [4.78, 5) is 16.9. The molecule has 0 bridgehead atoms. The lowest BCUT2D eigenvalue weighted by molar-refractivity contribution is -0.133. The van der Waals surface area contributed by atoms with E-state index in [2.05, 4.69) is 39.5 Å². The van der Waals surface area contributed by atoms with Crippen molar-refractivity contribution in [1.82, 2.24) is 30.0 Å². The fraction of sp³-hybridized carbons (Fsp3) is 0.619. The molecule has 2 heterocycles. The Morgan fingerprint density at radius 1 is 1.07 bits per heavy atom. The second-order valence-electron chi connectivity index (χ2n) is 8.19. The fourth-order valence-corrected chi connectivity index (χ4v) is 4.33. The standard InChI is InChI=1S/C21H30N6O/c1-17-6-9-19(10-7-17)27-20(22-23-24-27)16-25-12-14-26(15-13-25)21(28)11-8-18-4-2-3-5-18/h6-7,9-10,18H,2-5,8,11-16H2,1H3. The van der Waals surface area contributed by atoms with Crippen molar-refractivity contribution in [1.29, 1.82) is 0 Å². The molecule has 0 radical (unpaired) electrons. The second-order valence-corrected chi connectivity index (χ2v) is 8.19. The van der Waals surface area contributed by atoms with Gasteiger partial charge in [0.25, 0.3) is 0 Å². The predicted octanol–water partition coefficient (Wildman–Crippen LogP) is 2.59. The van der Waals surface area contributed by atoms with Crippen LogP contribution in [-0.2, 0) is 11.3 Å². The van der Waals surface area contributed by atoms with Gasteiger partial charge in [-0.3, -0.25) is 9.69 Å². The first-order chi connectivity index (χ1) is 13.7. The summed E-state index contributed by atoms with van der Waals surface area (Å²) in [7, 11) is 0. The number of hydrogen-bond donors (Lipinski definition) is 0. The van der Waals surface area contributed by atoms with Crippen LogP contribution in [0.1, 0.15) is 49.9 Å². The van der Waals surface area contributed by atoms with Crippen molar-refractivity contribution in [3.05, 3.63) is 35.7 Å². The Bertz CT molecular complexity index is 772. The van der Waals surface area contributed by atoms with Gasteiger partial charge in [-0.15, -0.1) is 5.10 Å². The van der Waals surface area contributed by atoms with Crippen LogP contribution in [-0.4, -0.2) is 62.1 Å². The van der Waals surface area contributed by atoms with Crippen LogP contribution in [0.3, 0.4) is 0 Å². The number of benzene rings is 1. The Morgan fingerprint density at radius 2 is 1.79 bits per heavy atom. The van der Waals surface area contributed by atoms with E-state index in [4.69, 9.17) is 0 Å². The summed E-state index contributed by atoms with van der Waals surface area (Å²) in [6.45, 7) is 6.11. The molecule has 2 fully saturated rings. The fourth-order valence-electron chi connectivity index (χ4n) is 4.33. The molecule has 1 amide bonds. The molecular weight excluding hydrogens is 352 g/mol. The molecule has 0 spiro atoms. The van der Waals surface area contributed by atoms with E-state index in [1.165, 1.54) is 31.2 Å². The molecule has 0 N–H and O–H groups in total. The highest BCUT2D eigenvalue weighted by Crippen LogP contribution is 2.28. The SMILES string of the molecule is Cc1ccc(-n2nnnc2CN2CCN(C(=O)CCC3CCCC3)CC2)cc1. The van der Waals surface area contributed by atoms with Crippen LogP contribution in [0.4, 0.5) is 0 Å². The number of carbonyl (C=O) groups is 1. The Kier molecular flexibility index (Phi) is 6.00. The normalized spacial score (nSPS) is 18.7. The van der Waals surface area contributed by atoms with E-state index in [9.17, 15) is 4.79 Å². The third-order valence-electron chi connectivity index (χ3n) is 6.14. The Morgan fingerprint density at radius 3 is 2.50 bits per heavy atom. The van der Waals surface area contributed by atoms with Gasteiger partial charge in [-0.1, -0.05) is 43.4 Å². The van der Waals surface area contributed by atoms with Gasteiger partial charge in [-0.25, -0.2) is 0 Å². The minimum atomic E-state index is 0.330. The van der Waals surface area contributed by atoms with Crippen molar-refractivity contribution in [3.8, 4) is 5.69 Å². The molecule has 0 unspecified atom stereocenters. The molecule has 1 aromatic carbocycles. The quantitative estimate of drug-likeness (QED) is 0.768. The zero-order valence-electron chi connectivity index (χ0n) is 16.8. The number of piperazine rings is 1. The molecule has 4 rings (SSSR count). The summed E-state index contributed by atoms with van der Waals surface area (Å²) in [5.74, 6) is 1.95. The van der Waals surface area contributed by atoms with Crippen molar-refractivity contribution in [2.75, 3.05) is 26.2 Å². The number of hydrogen-bond acceptors (Lipinski definition) is 5. The van der Waals surface area contributed by atoms with E-state index in [1.807, 2.05) is 17.0 Å². The van der Waals surface area contributed by atoms with Crippen LogP contribution >= 0.6 is 0 Å². The highest BCUT2D eigenvalue weighted by Gasteiger charge is 2.24. The van der Waals surface area contributed by atoms with Crippen molar-refractivity contribution >= 4 is 5.91 Å². The number of carbonyl (C=O) groups excluding carboxylic acids is 1. The monoisotopic (exact) mass is 382 g/mol. The third-order valence-corrected chi connectivity index (χ3v) is 6.14. The van der Waals surface area contributed by atoms with Crippen molar-refractivity contribution in [2.24, 2.45) is 5.92 Å². The molecule has 1 aliphatic heterocycles. The lowest BCUT2D eigenvalue weighted by Gasteiger charge is -2.34. The van der Waals surface area contributed by atoms with Crippen LogP contribution in [0.25, 0.3) is 5.69 Å². The molecule has 1 aromatic heterocycles. The lowest BCUT2D eigenvalue weighted by Crippen LogP contribution is -2.48. The van der Waals surface area contributed by atoms with Crippen molar-refractivity contribution in [2.45, 2.75) is 52.0 Å². The third kappa shape index (κ3) is 4.58. The summed E-state index contributed by atoms with van der Waals surface area (Å²) in [5.41, 5.74) is 2.19. The van der Waals surface area contributed by atoms with Crippen LogP contribution < -0.4 is 0 Å². The van der Waals surface area contributed by atoms with E-state index in [1.54, 1.807) is 4.68 Å². The summed E-state index contributed by atoms with van der Waals surface area (Å²) in [6, 6.07) is 8.21. The molecular formula is C21H30N6O. The molecule has 2 aromatic rings. The summed E-state index contributed by atoms with van der Waals surface area (Å²) in [6.07, 6.45) is 7.12. The smallest absolute Gasteiger partial charge is 0.222 e. The first-order valence-electron chi connectivity index (χ1n) is 10.5. The first-order valence-corrected chi connectivity index (χ1v) is 10.5. The van der Waals surface area contributed by atoms with Gasteiger partial charge in [-0.2, -0.15) is 4.68 Å². The zero-order valence-corrected chi connectivity index (χ0v) is 16.8. The molecule has 1 aliphatic carbocycles. The van der Waals surface area contributed by atoms with Gasteiger partial charge < -0.3 is 4.90 Å². The van der Waals surface area contributed by atoms with Gasteiger partial charge in [0.05, 0.1) is 12.2 Å². The Labute approximate surface area is 166 Å². The largest absolute Gasteiger partial charge is 0.340 e. The van der Waals surface area contributed by atoms with Crippen LogP contribution in [0.5, 0.6) is 0 Å². The zero-order chi connectivity index (χ0) is 19.3. The molecule has 28 heavy (non-hydrogen) atoms. The average molecular weight is 383 g/mol. The predicted molar refractivity (Wildman–Crippen MR) is 107 cm³/mol. The van der Waals surface area contributed by atoms with E-state index < -0.39 is 0 Å². The van der Waals surface area contributed by atoms with Gasteiger partial charge >= 0.3 is 0 Å². The number of aromatic nitrogens is 4. The van der Waals surface area contributed by atoms with E-state index >= 15 is 0 Å². The number of nitrogens with zero attached hydrogens (tertiary/aromatic N) is 6. The maximum atomic E-state index is 12.5. The number of rotatable bonds is 6. The van der Waals surface area contributed by atoms with Gasteiger partial charge in [-0.05, 0) is 41.8 Å². The van der Waals surface area contributed by atoms with Crippen LogP contribution in [0.15, 0.2) is 24.3 Å². The van der Waals surface area contributed by atoms with Crippen molar-refractivity contribution < 1.29 is 4.79 Å². The average Bonchev–Trinajstić information content (AvgIpc) is 3.39. The van der Waals surface area contributed by atoms with Crippen LogP contribution in [0, 0.1) is 12.8 Å². The molecule has 150 valence electrons. The van der Waals surface area contributed by atoms with E-state index in [0.29, 0.717) is 12.5 Å². The Balaban J connectivity index is 1.27. The molecule has 0 atom stereocenters. The summed E-state index contributed by atoms with van der Waals surface area (Å²) < 4.78 is 1.80. The molecule has 1 saturated carbocycles. The minimum absolute atomic E-state index is 0.330. The maximum Gasteiger partial charge on any atom is 0.222 e. The van der Waals surface area contributed by atoms with E-state index in [-0.39, 0.29) is 0 Å². The molecule has 2 aliphatic rings. The van der Waals surface area contributed by atoms with Gasteiger partial charge in [0, 0.05) is 32.6 Å². The minimum Gasteiger partial charge on any atom is -0.340 e. The van der Waals surface area contributed by atoms with E-state index in [0.717, 1.165) is 56.5 Å². The highest BCUT2D eigenvalue weighted by molar-refractivity contribution is 5.76.